The van der Waals surface area contributed by atoms with E-state index in [1.165, 1.54) is 75.3 Å². The second-order valence-electron chi connectivity index (χ2n) is 8.55. The van der Waals surface area contributed by atoms with Crippen molar-refractivity contribution >= 4 is 11.4 Å². The molecule has 2 aliphatic carbocycles. The maximum Gasteiger partial charge on any atom is 0.146 e. The van der Waals surface area contributed by atoms with Crippen LogP contribution in [0.25, 0.3) is 0 Å². The first-order valence-corrected chi connectivity index (χ1v) is 11.2. The molecule has 2 aliphatic rings. The molecular weight excluding hydrogens is 360 g/mol. The molecule has 29 heavy (non-hydrogen) atoms. The van der Waals surface area contributed by atoms with Crippen molar-refractivity contribution in [2.45, 2.75) is 76.0 Å². The molecule has 0 unspecified atom stereocenters. The van der Waals surface area contributed by atoms with Gasteiger partial charge in [-0.1, -0.05) is 50.7 Å². The van der Waals surface area contributed by atoms with Crippen LogP contribution in [0.2, 0.25) is 0 Å². The summed E-state index contributed by atoms with van der Waals surface area (Å²) in [7, 11) is 1.68. The molecule has 4 nitrogen and oxygen atoms in total. The number of aromatic hydroxyl groups is 1. The summed E-state index contributed by atoms with van der Waals surface area (Å²) in [6.45, 7) is 0. The van der Waals surface area contributed by atoms with E-state index in [-0.39, 0.29) is 5.75 Å². The Hall–Kier alpha value is -2.36. The molecule has 0 radical (unpaired) electrons. The van der Waals surface area contributed by atoms with E-state index in [0.717, 1.165) is 5.75 Å². The highest BCUT2D eigenvalue weighted by molar-refractivity contribution is 5.56. The lowest BCUT2D eigenvalue weighted by Gasteiger charge is -2.22. The van der Waals surface area contributed by atoms with Gasteiger partial charge in [-0.05, 0) is 72.9 Å². The van der Waals surface area contributed by atoms with E-state index in [9.17, 15) is 5.11 Å². The van der Waals surface area contributed by atoms with E-state index < -0.39 is 0 Å². The number of benzene rings is 2. The summed E-state index contributed by atoms with van der Waals surface area (Å²) in [5.41, 5.74) is 3.83. The normalized spacial score (nSPS) is 18.9. The molecule has 4 rings (SSSR count). The third-order valence-electron chi connectivity index (χ3n) is 6.62. The van der Waals surface area contributed by atoms with Crippen LogP contribution in [0.1, 0.15) is 87.2 Å². The Bertz CT molecular complexity index is 850. The Morgan fingerprint density at radius 2 is 1.28 bits per heavy atom. The van der Waals surface area contributed by atoms with Crippen LogP contribution in [0.5, 0.6) is 11.5 Å². The zero-order chi connectivity index (χ0) is 20.1. The lowest BCUT2D eigenvalue weighted by molar-refractivity contribution is 0.410. The van der Waals surface area contributed by atoms with Gasteiger partial charge in [0.05, 0.1) is 7.11 Å². The van der Waals surface area contributed by atoms with Crippen molar-refractivity contribution in [3.8, 4) is 11.5 Å². The average Bonchev–Trinajstić information content (AvgIpc) is 2.79. The second-order valence-corrected chi connectivity index (χ2v) is 8.55. The molecular formula is C25H32N2O2. The molecule has 4 heteroatoms. The van der Waals surface area contributed by atoms with Crippen molar-refractivity contribution in [2.75, 3.05) is 7.11 Å². The molecule has 0 saturated heterocycles. The van der Waals surface area contributed by atoms with Gasteiger partial charge in [-0.2, -0.15) is 0 Å². The first-order chi connectivity index (χ1) is 14.2. The fraction of sp³-hybridized carbons (Fsp3) is 0.520. The Kier molecular flexibility index (Phi) is 6.48. The van der Waals surface area contributed by atoms with Crippen LogP contribution >= 0.6 is 0 Å². The number of rotatable bonds is 5. The quantitative estimate of drug-likeness (QED) is 0.525. The average molecular weight is 393 g/mol. The number of ether oxygens (including phenoxy) is 1. The third-order valence-corrected chi connectivity index (χ3v) is 6.62. The Morgan fingerprint density at radius 1 is 0.724 bits per heavy atom. The number of phenolic OH excluding ortho intramolecular Hbond substituents is 1. The molecule has 0 heterocycles. The number of hydrogen-bond acceptors (Lipinski definition) is 4. The molecule has 2 saturated carbocycles. The lowest BCUT2D eigenvalue weighted by atomic mass is 9.84. The van der Waals surface area contributed by atoms with E-state index in [4.69, 9.17) is 4.74 Å². The topological polar surface area (TPSA) is 54.2 Å². The van der Waals surface area contributed by atoms with Crippen LogP contribution in [0.15, 0.2) is 46.6 Å². The molecule has 0 aliphatic heterocycles. The van der Waals surface area contributed by atoms with Crippen molar-refractivity contribution < 1.29 is 9.84 Å². The molecule has 0 aromatic heterocycles. The molecule has 0 atom stereocenters. The van der Waals surface area contributed by atoms with Crippen molar-refractivity contribution in [1.82, 2.24) is 0 Å². The highest BCUT2D eigenvalue weighted by atomic mass is 16.5. The van der Waals surface area contributed by atoms with Crippen molar-refractivity contribution in [3.63, 3.8) is 0 Å². The van der Waals surface area contributed by atoms with E-state index in [0.29, 0.717) is 23.2 Å². The molecule has 0 spiro atoms. The molecule has 2 aromatic rings. The molecule has 2 aromatic carbocycles. The molecule has 0 bridgehead atoms. The molecule has 154 valence electrons. The summed E-state index contributed by atoms with van der Waals surface area (Å²) in [4.78, 5) is 0. The summed E-state index contributed by atoms with van der Waals surface area (Å²) in [5, 5.41) is 19.1. The minimum Gasteiger partial charge on any atom is -0.506 e. The molecule has 0 amide bonds. The van der Waals surface area contributed by atoms with E-state index in [1.54, 1.807) is 13.2 Å². The SMILES string of the molecule is COc1cc(C2CCCCC2)ccc1N=Nc1cc(C2CCCCC2)ccc1O. The van der Waals surface area contributed by atoms with Gasteiger partial charge >= 0.3 is 0 Å². The van der Waals surface area contributed by atoms with Gasteiger partial charge in [0.2, 0.25) is 0 Å². The van der Waals surface area contributed by atoms with E-state index >= 15 is 0 Å². The number of azo groups is 1. The number of nitrogens with zero attached hydrogens (tertiary/aromatic N) is 2. The van der Waals surface area contributed by atoms with Crippen LogP contribution in [0.4, 0.5) is 11.4 Å². The zero-order valence-corrected chi connectivity index (χ0v) is 17.4. The Labute approximate surface area is 174 Å². The van der Waals surface area contributed by atoms with Crippen LogP contribution in [-0.2, 0) is 0 Å². The highest BCUT2D eigenvalue weighted by Crippen LogP contribution is 2.40. The second kappa shape index (κ2) is 9.43. The van der Waals surface area contributed by atoms with Crippen LogP contribution in [0.3, 0.4) is 0 Å². The summed E-state index contributed by atoms with van der Waals surface area (Å²) in [5.74, 6) is 2.12. The largest absolute Gasteiger partial charge is 0.506 e. The lowest BCUT2D eigenvalue weighted by Crippen LogP contribution is -2.04. The van der Waals surface area contributed by atoms with Crippen molar-refractivity contribution in [2.24, 2.45) is 10.2 Å². The van der Waals surface area contributed by atoms with Crippen LogP contribution in [-0.4, -0.2) is 12.2 Å². The number of phenols is 1. The summed E-state index contributed by atoms with van der Waals surface area (Å²) in [6.07, 6.45) is 12.8. The maximum absolute atomic E-state index is 10.3. The van der Waals surface area contributed by atoms with Crippen LogP contribution < -0.4 is 4.74 Å². The Balaban J connectivity index is 1.55. The van der Waals surface area contributed by atoms with Crippen molar-refractivity contribution in [3.05, 3.63) is 47.5 Å². The third kappa shape index (κ3) is 4.80. The number of methoxy groups -OCH3 is 1. The van der Waals surface area contributed by atoms with Gasteiger partial charge in [-0.25, -0.2) is 0 Å². The maximum atomic E-state index is 10.3. The monoisotopic (exact) mass is 392 g/mol. The van der Waals surface area contributed by atoms with Gasteiger partial charge in [-0.3, -0.25) is 0 Å². The summed E-state index contributed by atoms with van der Waals surface area (Å²) in [6, 6.07) is 12.0. The number of hydrogen-bond donors (Lipinski definition) is 1. The predicted molar refractivity (Wildman–Crippen MR) is 117 cm³/mol. The fourth-order valence-corrected chi connectivity index (χ4v) is 4.88. The van der Waals surface area contributed by atoms with Gasteiger partial charge in [0.25, 0.3) is 0 Å². The molecule has 1 N–H and O–H groups in total. The van der Waals surface area contributed by atoms with Gasteiger partial charge in [0.1, 0.15) is 22.9 Å². The van der Waals surface area contributed by atoms with Crippen LogP contribution in [0, 0.1) is 0 Å². The first kappa shape index (κ1) is 19.9. The van der Waals surface area contributed by atoms with E-state index in [2.05, 4.69) is 22.4 Å². The first-order valence-electron chi connectivity index (χ1n) is 11.2. The smallest absolute Gasteiger partial charge is 0.146 e. The van der Waals surface area contributed by atoms with Gasteiger partial charge in [0.15, 0.2) is 0 Å². The standard InChI is InChI=1S/C25H32N2O2/c1-29-25-17-21(19-10-6-3-7-11-19)12-14-22(25)26-27-23-16-20(13-15-24(23)28)18-8-4-2-5-9-18/h12-19,28H,2-11H2,1H3. The van der Waals surface area contributed by atoms with Gasteiger partial charge < -0.3 is 9.84 Å². The van der Waals surface area contributed by atoms with Gasteiger partial charge in [0, 0.05) is 0 Å². The van der Waals surface area contributed by atoms with E-state index in [1.807, 2.05) is 18.2 Å². The highest BCUT2D eigenvalue weighted by Gasteiger charge is 2.18. The zero-order valence-electron chi connectivity index (χ0n) is 17.4. The summed E-state index contributed by atoms with van der Waals surface area (Å²) < 4.78 is 5.60. The minimum atomic E-state index is 0.172. The summed E-state index contributed by atoms with van der Waals surface area (Å²) >= 11 is 0. The Morgan fingerprint density at radius 3 is 1.90 bits per heavy atom. The fourth-order valence-electron chi connectivity index (χ4n) is 4.88. The van der Waals surface area contributed by atoms with Crippen molar-refractivity contribution in [1.29, 1.82) is 0 Å². The predicted octanol–water partition coefficient (Wildman–Crippen LogP) is 7.91. The molecule has 2 fully saturated rings. The van der Waals surface area contributed by atoms with Gasteiger partial charge in [-0.15, -0.1) is 10.2 Å². The minimum absolute atomic E-state index is 0.172.